The minimum atomic E-state index is -3.80. The van der Waals surface area contributed by atoms with Crippen molar-refractivity contribution < 1.29 is 13.2 Å². The largest absolute Gasteiger partial charge is 0.495 e. The van der Waals surface area contributed by atoms with Crippen LogP contribution >= 0.6 is 11.6 Å². The number of nitrogens with zero attached hydrogens (tertiary/aromatic N) is 3. The van der Waals surface area contributed by atoms with Crippen LogP contribution in [0.4, 0.5) is 23.0 Å². The van der Waals surface area contributed by atoms with Gasteiger partial charge in [0.25, 0.3) is 10.0 Å². The first-order valence-corrected chi connectivity index (χ1v) is 12.0. The van der Waals surface area contributed by atoms with Crippen molar-refractivity contribution in [3.05, 3.63) is 59.4 Å². The van der Waals surface area contributed by atoms with Crippen LogP contribution in [0.15, 0.2) is 53.4 Å². The van der Waals surface area contributed by atoms with Gasteiger partial charge in [0.05, 0.1) is 17.0 Å². The molecule has 0 amide bonds. The van der Waals surface area contributed by atoms with E-state index < -0.39 is 10.0 Å². The number of aryl methyl sites for hydroxylation is 1. The van der Waals surface area contributed by atoms with Gasteiger partial charge < -0.3 is 15.0 Å². The third-order valence-electron chi connectivity index (χ3n) is 4.75. The summed E-state index contributed by atoms with van der Waals surface area (Å²) in [6.07, 6.45) is 0. The number of benzene rings is 2. The van der Waals surface area contributed by atoms with Gasteiger partial charge in [-0.25, -0.2) is 18.4 Å². The maximum Gasteiger partial charge on any atom is 0.261 e. The third-order valence-corrected chi connectivity index (χ3v) is 6.43. The molecule has 3 rings (SSSR count). The SMILES string of the molecule is CCN(CC)c1cc(Nc2ccc(NS(=O)(=O)c3ccc(OC)c(Cl)c3)cc2)nc(C)n1. The fraction of sp³-hybridized carbons (Fsp3) is 0.273. The van der Waals surface area contributed by atoms with E-state index in [1.54, 1.807) is 24.3 Å². The zero-order valence-corrected chi connectivity index (χ0v) is 20.0. The maximum atomic E-state index is 12.7. The van der Waals surface area contributed by atoms with Gasteiger partial charge >= 0.3 is 0 Å². The normalized spacial score (nSPS) is 11.2. The zero-order chi connectivity index (χ0) is 23.3. The van der Waals surface area contributed by atoms with Crippen LogP contribution < -0.4 is 19.7 Å². The Balaban J connectivity index is 1.75. The van der Waals surface area contributed by atoms with E-state index in [9.17, 15) is 8.42 Å². The van der Waals surface area contributed by atoms with E-state index in [2.05, 4.69) is 38.8 Å². The molecule has 0 aliphatic heterocycles. The summed E-state index contributed by atoms with van der Waals surface area (Å²) in [5.74, 6) is 2.60. The van der Waals surface area contributed by atoms with Gasteiger partial charge in [-0.05, 0) is 63.2 Å². The van der Waals surface area contributed by atoms with Gasteiger partial charge in [-0.15, -0.1) is 0 Å². The van der Waals surface area contributed by atoms with Crippen LogP contribution in [0.25, 0.3) is 0 Å². The van der Waals surface area contributed by atoms with E-state index in [-0.39, 0.29) is 9.92 Å². The lowest BCUT2D eigenvalue weighted by Crippen LogP contribution is -2.23. The van der Waals surface area contributed by atoms with Crippen LogP contribution in [0, 0.1) is 6.92 Å². The monoisotopic (exact) mass is 475 g/mol. The fourth-order valence-electron chi connectivity index (χ4n) is 3.12. The quantitative estimate of drug-likeness (QED) is 0.457. The molecule has 1 aromatic heterocycles. The number of ether oxygens (including phenoxy) is 1. The van der Waals surface area contributed by atoms with Crippen molar-refractivity contribution in [2.45, 2.75) is 25.7 Å². The Morgan fingerprint density at radius 2 is 1.66 bits per heavy atom. The van der Waals surface area contributed by atoms with Crippen LogP contribution in [0.2, 0.25) is 5.02 Å². The molecule has 32 heavy (non-hydrogen) atoms. The topological polar surface area (TPSA) is 96.5 Å². The van der Waals surface area contributed by atoms with Gasteiger partial charge in [-0.1, -0.05) is 11.6 Å². The minimum Gasteiger partial charge on any atom is -0.495 e. The molecule has 0 aliphatic rings. The maximum absolute atomic E-state index is 12.7. The Labute approximate surface area is 193 Å². The lowest BCUT2D eigenvalue weighted by Gasteiger charge is -2.20. The molecule has 0 aliphatic carbocycles. The van der Waals surface area contributed by atoms with E-state index in [4.69, 9.17) is 16.3 Å². The average Bonchev–Trinajstić information content (AvgIpc) is 2.75. The number of rotatable bonds is 9. The van der Waals surface area contributed by atoms with E-state index >= 15 is 0 Å². The van der Waals surface area contributed by atoms with Gasteiger partial charge in [-0.3, -0.25) is 4.72 Å². The Morgan fingerprint density at radius 3 is 2.25 bits per heavy atom. The Bertz CT molecular complexity index is 1180. The molecule has 0 bridgehead atoms. The fourth-order valence-corrected chi connectivity index (χ4v) is 4.53. The molecular formula is C22H26ClN5O3S. The number of sulfonamides is 1. The summed E-state index contributed by atoms with van der Waals surface area (Å²) in [5, 5.41) is 3.47. The van der Waals surface area contributed by atoms with Crippen molar-refractivity contribution >= 4 is 44.6 Å². The van der Waals surface area contributed by atoms with Gasteiger partial charge in [0.15, 0.2) is 0 Å². The number of nitrogens with one attached hydrogen (secondary N) is 2. The predicted molar refractivity (Wildman–Crippen MR) is 129 cm³/mol. The summed E-state index contributed by atoms with van der Waals surface area (Å²) in [6, 6.07) is 13.1. The summed E-state index contributed by atoms with van der Waals surface area (Å²) in [6.45, 7) is 7.70. The van der Waals surface area contributed by atoms with Crippen molar-refractivity contribution in [3.63, 3.8) is 0 Å². The Morgan fingerprint density at radius 1 is 1.00 bits per heavy atom. The zero-order valence-electron chi connectivity index (χ0n) is 18.4. The molecule has 2 aromatic carbocycles. The molecule has 8 nitrogen and oxygen atoms in total. The number of anilines is 4. The Hall–Kier alpha value is -3.04. The highest BCUT2D eigenvalue weighted by Crippen LogP contribution is 2.28. The standard InChI is InChI=1S/C22H26ClN5O3S/c1-5-28(6-2)22-14-21(24-15(3)25-22)26-16-7-9-17(10-8-16)27-32(29,30)18-11-12-20(31-4)19(23)13-18/h7-14,27H,5-6H2,1-4H3,(H,24,25,26). The summed E-state index contributed by atoms with van der Waals surface area (Å²) >= 11 is 6.06. The second-order valence-electron chi connectivity index (χ2n) is 6.94. The number of hydrogen-bond acceptors (Lipinski definition) is 7. The van der Waals surface area contributed by atoms with Crippen molar-refractivity contribution in [1.82, 2.24) is 9.97 Å². The first-order chi connectivity index (χ1) is 15.2. The summed E-state index contributed by atoms with van der Waals surface area (Å²) in [5.41, 5.74) is 1.19. The molecule has 10 heteroatoms. The number of halogens is 1. The third kappa shape index (κ3) is 5.60. The van der Waals surface area contributed by atoms with Gasteiger partial charge in [0, 0.05) is 30.5 Å². The molecule has 2 N–H and O–H groups in total. The highest BCUT2D eigenvalue weighted by Gasteiger charge is 2.16. The van der Waals surface area contributed by atoms with E-state index in [0.29, 0.717) is 23.1 Å². The highest BCUT2D eigenvalue weighted by molar-refractivity contribution is 7.92. The second kappa shape index (κ2) is 10.1. The van der Waals surface area contributed by atoms with Crippen molar-refractivity contribution in [1.29, 1.82) is 0 Å². The van der Waals surface area contributed by atoms with Crippen LogP contribution in [0.3, 0.4) is 0 Å². The smallest absolute Gasteiger partial charge is 0.261 e. The molecule has 0 saturated heterocycles. The van der Waals surface area contributed by atoms with Crippen LogP contribution in [0.1, 0.15) is 19.7 Å². The summed E-state index contributed by atoms with van der Waals surface area (Å²) in [7, 11) is -2.33. The lowest BCUT2D eigenvalue weighted by molar-refractivity contribution is 0.414. The molecule has 0 fully saturated rings. The predicted octanol–water partition coefficient (Wildman–Crippen LogP) is 4.84. The molecular weight excluding hydrogens is 450 g/mol. The Kier molecular flexibility index (Phi) is 7.42. The number of aromatic nitrogens is 2. The summed E-state index contributed by atoms with van der Waals surface area (Å²) < 4.78 is 33.0. The van der Waals surface area contributed by atoms with Crippen molar-refractivity contribution in [3.8, 4) is 5.75 Å². The van der Waals surface area contributed by atoms with Crippen LogP contribution in [0.5, 0.6) is 5.75 Å². The summed E-state index contributed by atoms with van der Waals surface area (Å²) in [4.78, 5) is 11.1. The first kappa shape index (κ1) is 23.6. The van der Waals surface area contributed by atoms with Crippen molar-refractivity contribution in [2.75, 3.05) is 35.1 Å². The molecule has 0 atom stereocenters. The second-order valence-corrected chi connectivity index (χ2v) is 9.02. The average molecular weight is 476 g/mol. The van der Waals surface area contributed by atoms with E-state index in [1.807, 2.05) is 13.0 Å². The number of methoxy groups -OCH3 is 1. The van der Waals surface area contributed by atoms with Gasteiger partial charge in [-0.2, -0.15) is 0 Å². The van der Waals surface area contributed by atoms with E-state index in [1.165, 1.54) is 25.3 Å². The van der Waals surface area contributed by atoms with Crippen molar-refractivity contribution in [2.24, 2.45) is 0 Å². The van der Waals surface area contributed by atoms with E-state index in [0.717, 1.165) is 24.6 Å². The van der Waals surface area contributed by atoms with Crippen LogP contribution in [-0.4, -0.2) is 38.6 Å². The molecule has 0 spiro atoms. The van der Waals surface area contributed by atoms with Gasteiger partial charge in [0.1, 0.15) is 23.2 Å². The molecule has 3 aromatic rings. The van der Waals surface area contributed by atoms with Crippen LogP contribution in [-0.2, 0) is 10.0 Å². The molecule has 0 unspecified atom stereocenters. The molecule has 1 heterocycles. The lowest BCUT2D eigenvalue weighted by atomic mass is 10.3. The minimum absolute atomic E-state index is 0.0471. The molecule has 0 radical (unpaired) electrons. The molecule has 170 valence electrons. The molecule has 0 saturated carbocycles. The van der Waals surface area contributed by atoms with Gasteiger partial charge in [0.2, 0.25) is 0 Å². The number of hydrogen-bond donors (Lipinski definition) is 2. The first-order valence-electron chi connectivity index (χ1n) is 10.1. The highest BCUT2D eigenvalue weighted by atomic mass is 35.5.